The van der Waals surface area contributed by atoms with Gasteiger partial charge in [-0.15, -0.1) is 0 Å². The van der Waals surface area contributed by atoms with Crippen molar-refractivity contribution in [2.75, 3.05) is 66.1 Å². The van der Waals surface area contributed by atoms with Gasteiger partial charge in [0.2, 0.25) is 0 Å². The Morgan fingerprint density at radius 3 is 1.73 bits per heavy atom. The largest absolute Gasteiger partial charge is 0.494 e. The molecule has 1 saturated carbocycles. The second kappa shape index (κ2) is 24.4. The summed E-state index contributed by atoms with van der Waals surface area (Å²) in [7, 11) is 0. The highest BCUT2D eigenvalue weighted by atomic mass is 16.6. The number of esters is 2. The minimum absolute atomic E-state index is 0.172. The van der Waals surface area contributed by atoms with Crippen molar-refractivity contribution in [3.63, 3.8) is 0 Å². The van der Waals surface area contributed by atoms with Gasteiger partial charge in [0.1, 0.15) is 23.7 Å². The van der Waals surface area contributed by atoms with Crippen molar-refractivity contribution in [1.82, 2.24) is 0 Å². The number of rotatable bonds is 28. The molecule has 3 aromatic carbocycles. The zero-order valence-corrected chi connectivity index (χ0v) is 38.1. The minimum Gasteiger partial charge on any atom is -0.494 e. The van der Waals surface area contributed by atoms with Crippen LogP contribution in [0.2, 0.25) is 0 Å². The van der Waals surface area contributed by atoms with Crippen LogP contribution >= 0.6 is 0 Å². The van der Waals surface area contributed by atoms with Crippen molar-refractivity contribution in [1.29, 1.82) is 0 Å². The van der Waals surface area contributed by atoms with Crippen LogP contribution in [0.5, 0.6) is 11.5 Å². The normalized spacial score (nSPS) is 20.7. The van der Waals surface area contributed by atoms with Gasteiger partial charge in [-0.05, 0) is 155 Å². The molecule has 0 radical (unpaired) electrons. The lowest BCUT2D eigenvalue weighted by atomic mass is 9.76. The average Bonchev–Trinajstić information content (AvgIpc) is 3.26. The molecular formula is C52H74O10. The molecule has 342 valence electrons. The zero-order chi connectivity index (χ0) is 43.6. The molecule has 2 aliphatic heterocycles. The minimum atomic E-state index is -0.328. The van der Waals surface area contributed by atoms with E-state index in [1.165, 1.54) is 0 Å². The third-order valence-electron chi connectivity index (χ3n) is 13.7. The van der Waals surface area contributed by atoms with E-state index in [2.05, 4.69) is 20.8 Å². The highest BCUT2D eigenvalue weighted by Crippen LogP contribution is 2.37. The van der Waals surface area contributed by atoms with E-state index in [-0.39, 0.29) is 46.8 Å². The molecule has 0 N–H and O–H groups in total. The molecule has 10 nitrogen and oxygen atoms in total. The predicted molar refractivity (Wildman–Crippen MR) is 242 cm³/mol. The van der Waals surface area contributed by atoms with E-state index >= 15 is 0 Å². The fourth-order valence-electron chi connectivity index (χ4n) is 8.79. The van der Waals surface area contributed by atoms with E-state index in [1.54, 1.807) is 12.1 Å². The van der Waals surface area contributed by atoms with Crippen molar-refractivity contribution >= 4 is 22.7 Å². The van der Waals surface area contributed by atoms with Crippen molar-refractivity contribution in [2.24, 2.45) is 22.7 Å². The standard InChI is InChI=1S/C52H74O10/c1-5-40-30-42(39(4)61-49(53)41-18-22-46(23-19-41)59-28-14-10-8-12-26-55-33-51(6-2)35-57-36-51)21-25-48(40)62-50(54)45-17-16-44-32-47(24-20-43(44)31-45)60-29-15-11-9-13-27-56-34-52(7-3)37-58-38-52/h16-20,22-24,31-32,39-40,42,48H,5-15,21,25-30,33-38H2,1-4H3/t39-,40?,42-,48-/m1/s1. The fourth-order valence-corrected chi connectivity index (χ4v) is 8.79. The van der Waals surface area contributed by atoms with Crippen molar-refractivity contribution in [3.05, 3.63) is 71.8 Å². The molecule has 1 aliphatic carbocycles. The highest BCUT2D eigenvalue weighted by Gasteiger charge is 2.38. The molecule has 3 fully saturated rings. The molecule has 0 bridgehead atoms. The van der Waals surface area contributed by atoms with Gasteiger partial charge < -0.3 is 37.9 Å². The number of hydrogen-bond donors (Lipinski definition) is 0. The topological polar surface area (TPSA) is 108 Å². The predicted octanol–water partition coefficient (Wildman–Crippen LogP) is 11.2. The Labute approximate surface area is 371 Å². The third-order valence-corrected chi connectivity index (χ3v) is 13.7. The smallest absolute Gasteiger partial charge is 0.338 e. The Morgan fingerprint density at radius 2 is 1.16 bits per heavy atom. The summed E-state index contributed by atoms with van der Waals surface area (Å²) in [6, 6.07) is 19.0. The molecule has 4 atom stereocenters. The first-order chi connectivity index (χ1) is 30.2. The van der Waals surface area contributed by atoms with Crippen LogP contribution in [0, 0.1) is 22.7 Å². The van der Waals surface area contributed by atoms with Crippen molar-refractivity contribution < 1.29 is 47.5 Å². The summed E-state index contributed by atoms with van der Waals surface area (Å²) in [6.07, 6.45) is 13.6. The van der Waals surface area contributed by atoms with E-state index < -0.39 is 0 Å². The Balaban J connectivity index is 0.839. The van der Waals surface area contributed by atoms with E-state index in [4.69, 9.17) is 37.9 Å². The zero-order valence-electron chi connectivity index (χ0n) is 38.1. The quantitative estimate of drug-likeness (QED) is 0.0517. The lowest BCUT2D eigenvalue weighted by Crippen LogP contribution is -2.45. The van der Waals surface area contributed by atoms with Crippen molar-refractivity contribution in [3.8, 4) is 11.5 Å². The summed E-state index contributed by atoms with van der Waals surface area (Å²) in [5.74, 6) is 1.35. The number of ether oxygens (including phenoxy) is 8. The van der Waals surface area contributed by atoms with E-state index in [0.717, 1.165) is 165 Å². The van der Waals surface area contributed by atoms with E-state index in [1.807, 2.05) is 55.5 Å². The second-order valence-electron chi connectivity index (χ2n) is 18.4. The van der Waals surface area contributed by atoms with Crippen LogP contribution < -0.4 is 9.47 Å². The maximum Gasteiger partial charge on any atom is 0.338 e. The molecule has 1 unspecified atom stereocenters. The molecule has 3 aromatic rings. The molecule has 10 heteroatoms. The monoisotopic (exact) mass is 859 g/mol. The van der Waals surface area contributed by atoms with Crippen LogP contribution in [-0.4, -0.2) is 90.2 Å². The third kappa shape index (κ3) is 13.9. The molecule has 2 heterocycles. The Hall–Kier alpha value is -3.70. The number of benzene rings is 3. The van der Waals surface area contributed by atoms with Gasteiger partial charge in [0, 0.05) is 24.0 Å². The first-order valence-electron chi connectivity index (χ1n) is 23.9. The van der Waals surface area contributed by atoms with Crippen LogP contribution in [-0.2, 0) is 28.4 Å². The number of carbonyl (C=O) groups is 2. The first-order valence-corrected chi connectivity index (χ1v) is 23.9. The number of carbonyl (C=O) groups excluding carboxylic acids is 2. The van der Waals surface area contributed by atoms with Gasteiger partial charge >= 0.3 is 11.9 Å². The first kappa shape index (κ1) is 47.8. The molecular weight excluding hydrogens is 785 g/mol. The van der Waals surface area contributed by atoms with Gasteiger partial charge in [0.05, 0.1) is 64.0 Å². The van der Waals surface area contributed by atoms with Crippen LogP contribution in [0.3, 0.4) is 0 Å². The molecule has 0 aromatic heterocycles. The lowest BCUT2D eigenvalue weighted by Gasteiger charge is -2.40. The van der Waals surface area contributed by atoms with E-state index in [0.29, 0.717) is 24.3 Å². The average molecular weight is 859 g/mol. The van der Waals surface area contributed by atoms with Gasteiger partial charge in [-0.3, -0.25) is 0 Å². The molecule has 6 rings (SSSR count). The molecule has 0 spiro atoms. The maximum atomic E-state index is 13.4. The highest BCUT2D eigenvalue weighted by molar-refractivity contribution is 5.96. The Morgan fingerprint density at radius 1 is 0.629 bits per heavy atom. The number of fused-ring (bicyclic) bond motifs is 1. The van der Waals surface area contributed by atoms with Crippen LogP contribution in [0.25, 0.3) is 10.8 Å². The summed E-state index contributed by atoms with van der Waals surface area (Å²) in [5, 5.41) is 2.00. The van der Waals surface area contributed by atoms with Crippen LogP contribution in [0.15, 0.2) is 60.7 Å². The maximum absolute atomic E-state index is 13.4. The molecule has 3 aliphatic rings. The summed E-state index contributed by atoms with van der Waals surface area (Å²) in [4.78, 5) is 26.5. The lowest BCUT2D eigenvalue weighted by molar-refractivity contribution is -0.150. The number of unbranched alkanes of at least 4 members (excludes halogenated alkanes) is 6. The van der Waals surface area contributed by atoms with Gasteiger partial charge in [-0.1, -0.05) is 45.7 Å². The summed E-state index contributed by atoms with van der Waals surface area (Å²) in [5.41, 5.74) is 1.57. The number of hydrogen-bond acceptors (Lipinski definition) is 10. The Kier molecular flexibility index (Phi) is 18.8. The summed E-state index contributed by atoms with van der Waals surface area (Å²) >= 11 is 0. The second-order valence-corrected chi connectivity index (χ2v) is 18.4. The summed E-state index contributed by atoms with van der Waals surface area (Å²) < 4.78 is 46.7. The van der Waals surface area contributed by atoms with Gasteiger partial charge in [0.15, 0.2) is 0 Å². The Bertz CT molecular complexity index is 1790. The fraction of sp³-hybridized carbons (Fsp3) is 0.654. The summed E-state index contributed by atoms with van der Waals surface area (Å²) in [6.45, 7) is 16.4. The van der Waals surface area contributed by atoms with Crippen LogP contribution in [0.1, 0.15) is 138 Å². The van der Waals surface area contributed by atoms with Crippen molar-refractivity contribution in [2.45, 2.75) is 130 Å². The van der Waals surface area contributed by atoms with E-state index in [9.17, 15) is 9.59 Å². The molecule has 62 heavy (non-hydrogen) atoms. The van der Waals surface area contributed by atoms with Gasteiger partial charge in [-0.2, -0.15) is 0 Å². The molecule has 2 saturated heterocycles. The van der Waals surface area contributed by atoms with Gasteiger partial charge in [0.25, 0.3) is 0 Å². The molecule has 0 amide bonds. The van der Waals surface area contributed by atoms with Crippen LogP contribution in [0.4, 0.5) is 0 Å². The van der Waals surface area contributed by atoms with Gasteiger partial charge in [-0.25, -0.2) is 9.59 Å². The SMILES string of the molecule is CCC1C[C@H]([C@@H](C)OC(=O)c2ccc(OCCCCCCOCC3(CC)COC3)cc2)CC[C@H]1OC(=O)c1ccc2cc(OCCCCCCOCC3(CC)COC3)ccc2c1.